The first-order valence-electron chi connectivity index (χ1n) is 7.75. The van der Waals surface area contributed by atoms with Gasteiger partial charge < -0.3 is 10.4 Å². The van der Waals surface area contributed by atoms with Gasteiger partial charge in [0.2, 0.25) is 0 Å². The monoisotopic (exact) mass is 355 g/mol. The molecule has 136 valence electrons. The minimum absolute atomic E-state index is 0.433. The van der Waals surface area contributed by atoms with Crippen LogP contribution in [-0.4, -0.2) is 27.8 Å². The minimum atomic E-state index is -4.37. The summed E-state index contributed by atoms with van der Waals surface area (Å²) in [5.41, 5.74) is 0.519. The fraction of sp³-hybridized carbons (Fsp3) is 0.412. The van der Waals surface area contributed by atoms with E-state index >= 15 is 0 Å². The maximum atomic E-state index is 12.6. The molecule has 5 nitrogen and oxygen atoms in total. The summed E-state index contributed by atoms with van der Waals surface area (Å²) < 4.78 is 37.9. The number of H-pyrrole nitrogens is 1. The van der Waals surface area contributed by atoms with Crippen LogP contribution in [0.15, 0.2) is 30.5 Å². The van der Waals surface area contributed by atoms with Crippen molar-refractivity contribution in [2.45, 2.75) is 33.0 Å². The van der Waals surface area contributed by atoms with E-state index in [0.29, 0.717) is 30.8 Å². The zero-order chi connectivity index (χ0) is 18.7. The maximum Gasteiger partial charge on any atom is 0.416 e. The zero-order valence-corrected chi connectivity index (χ0v) is 13.9. The fourth-order valence-electron chi connectivity index (χ4n) is 2.25. The van der Waals surface area contributed by atoms with Crippen LogP contribution < -0.4 is 5.32 Å². The van der Waals surface area contributed by atoms with Gasteiger partial charge >= 0.3 is 12.1 Å². The number of rotatable bonds is 7. The standard InChI is InChI=1S/C17H20F3N3O2/c1-16(2,15(24)25)7-8-21-9-12-10-22-23-14(12)11-3-5-13(6-4-11)17(18,19)20/h3-6,10,21H,7-9H2,1-2H3,(H,22,23)(H,24,25). The number of alkyl halides is 3. The number of hydrogen-bond donors (Lipinski definition) is 3. The SMILES string of the molecule is CC(C)(CCNCc1cn[nH]c1-c1ccc(C(F)(F)F)cc1)C(=O)O. The van der Waals surface area contributed by atoms with Gasteiger partial charge in [0.05, 0.1) is 22.9 Å². The highest BCUT2D eigenvalue weighted by atomic mass is 19.4. The number of aromatic nitrogens is 2. The van der Waals surface area contributed by atoms with Crippen molar-refractivity contribution >= 4 is 5.97 Å². The number of nitrogens with one attached hydrogen (secondary N) is 2. The van der Waals surface area contributed by atoms with Crippen LogP contribution in [-0.2, 0) is 17.5 Å². The molecule has 1 aromatic carbocycles. The van der Waals surface area contributed by atoms with E-state index in [1.165, 1.54) is 12.1 Å². The molecule has 0 aliphatic rings. The lowest BCUT2D eigenvalue weighted by molar-refractivity contribution is -0.147. The predicted octanol–water partition coefficient (Wildman–Crippen LogP) is 3.69. The Morgan fingerprint density at radius 3 is 2.44 bits per heavy atom. The molecule has 0 bridgehead atoms. The van der Waals surface area contributed by atoms with Gasteiger partial charge in [0.15, 0.2) is 0 Å². The maximum absolute atomic E-state index is 12.6. The van der Waals surface area contributed by atoms with Crippen molar-refractivity contribution in [3.63, 3.8) is 0 Å². The van der Waals surface area contributed by atoms with Crippen LogP contribution in [0.5, 0.6) is 0 Å². The number of carboxylic acid groups (broad SMARTS) is 1. The van der Waals surface area contributed by atoms with Gasteiger partial charge in [0.25, 0.3) is 0 Å². The van der Waals surface area contributed by atoms with Crippen molar-refractivity contribution in [1.82, 2.24) is 15.5 Å². The lowest BCUT2D eigenvalue weighted by Gasteiger charge is -2.18. The van der Waals surface area contributed by atoms with Gasteiger partial charge in [-0.3, -0.25) is 9.89 Å². The third-order valence-corrected chi connectivity index (χ3v) is 4.04. The molecule has 2 rings (SSSR count). The van der Waals surface area contributed by atoms with Gasteiger partial charge in [-0.1, -0.05) is 12.1 Å². The Hall–Kier alpha value is -2.35. The highest BCUT2D eigenvalue weighted by molar-refractivity contribution is 5.73. The lowest BCUT2D eigenvalue weighted by atomic mass is 9.90. The molecule has 0 aliphatic heterocycles. The molecule has 1 heterocycles. The van der Waals surface area contributed by atoms with Crippen molar-refractivity contribution in [3.8, 4) is 11.3 Å². The van der Waals surface area contributed by atoms with Gasteiger partial charge in [-0.15, -0.1) is 0 Å². The van der Waals surface area contributed by atoms with Gasteiger partial charge in [-0.05, 0) is 44.5 Å². The molecule has 0 unspecified atom stereocenters. The van der Waals surface area contributed by atoms with Crippen LogP contribution in [0.1, 0.15) is 31.4 Å². The van der Waals surface area contributed by atoms with Crippen molar-refractivity contribution < 1.29 is 23.1 Å². The van der Waals surface area contributed by atoms with Crippen molar-refractivity contribution in [3.05, 3.63) is 41.6 Å². The second kappa shape index (κ2) is 7.26. The number of halogens is 3. The highest BCUT2D eigenvalue weighted by Crippen LogP contribution is 2.31. The van der Waals surface area contributed by atoms with E-state index in [9.17, 15) is 18.0 Å². The number of aromatic amines is 1. The zero-order valence-electron chi connectivity index (χ0n) is 13.9. The Morgan fingerprint density at radius 1 is 1.24 bits per heavy atom. The molecular formula is C17H20F3N3O2. The summed E-state index contributed by atoms with van der Waals surface area (Å²) >= 11 is 0. The molecule has 1 aromatic heterocycles. The third-order valence-electron chi connectivity index (χ3n) is 4.04. The van der Waals surface area contributed by atoms with Crippen molar-refractivity contribution in [2.75, 3.05) is 6.54 Å². The largest absolute Gasteiger partial charge is 0.481 e. The summed E-state index contributed by atoms with van der Waals surface area (Å²) in [7, 11) is 0. The summed E-state index contributed by atoms with van der Waals surface area (Å²) in [6.07, 6.45) is -2.31. The molecule has 0 aliphatic carbocycles. The number of nitrogens with zero attached hydrogens (tertiary/aromatic N) is 1. The van der Waals surface area contributed by atoms with Crippen molar-refractivity contribution in [2.24, 2.45) is 5.41 Å². The first-order chi connectivity index (χ1) is 11.6. The number of carboxylic acids is 1. The van der Waals surface area contributed by atoms with Crippen LogP contribution in [0.4, 0.5) is 13.2 Å². The Labute approximate surface area is 143 Å². The molecule has 0 radical (unpaired) electrons. The Kier molecular flexibility index (Phi) is 5.52. The normalized spacial score (nSPS) is 12.4. The van der Waals surface area contributed by atoms with E-state index in [0.717, 1.165) is 17.7 Å². The molecule has 0 spiro atoms. The van der Waals surface area contributed by atoms with Gasteiger partial charge in [0, 0.05) is 12.1 Å². The minimum Gasteiger partial charge on any atom is -0.481 e. The number of benzene rings is 1. The van der Waals surface area contributed by atoms with Crippen molar-refractivity contribution in [1.29, 1.82) is 0 Å². The molecule has 2 aromatic rings. The molecule has 3 N–H and O–H groups in total. The Morgan fingerprint density at radius 2 is 1.88 bits per heavy atom. The van der Waals surface area contributed by atoms with Crippen LogP contribution >= 0.6 is 0 Å². The molecule has 25 heavy (non-hydrogen) atoms. The number of carbonyl (C=O) groups is 1. The second-order valence-electron chi connectivity index (χ2n) is 6.46. The second-order valence-corrected chi connectivity index (χ2v) is 6.46. The summed E-state index contributed by atoms with van der Waals surface area (Å²) in [5, 5.41) is 18.9. The Bertz CT molecular complexity index is 721. The summed E-state index contributed by atoms with van der Waals surface area (Å²) in [4.78, 5) is 11.1. The third kappa shape index (κ3) is 4.82. The summed E-state index contributed by atoms with van der Waals surface area (Å²) in [6.45, 7) is 4.24. The molecule has 0 saturated carbocycles. The number of hydrogen-bond acceptors (Lipinski definition) is 3. The fourth-order valence-corrected chi connectivity index (χ4v) is 2.25. The number of aliphatic carboxylic acids is 1. The molecule has 0 fully saturated rings. The van der Waals surface area contributed by atoms with Gasteiger partial charge in [-0.25, -0.2) is 0 Å². The quantitative estimate of drug-likeness (QED) is 0.662. The van der Waals surface area contributed by atoms with Crippen LogP contribution in [0.3, 0.4) is 0 Å². The molecular weight excluding hydrogens is 335 g/mol. The first kappa shape index (κ1) is 19.0. The average molecular weight is 355 g/mol. The molecule has 8 heteroatoms. The van der Waals surface area contributed by atoms with E-state index in [2.05, 4.69) is 15.5 Å². The topological polar surface area (TPSA) is 78.0 Å². The molecule has 0 saturated heterocycles. The van der Waals surface area contributed by atoms with Crippen LogP contribution in [0.2, 0.25) is 0 Å². The lowest BCUT2D eigenvalue weighted by Crippen LogP contribution is -2.28. The van der Waals surface area contributed by atoms with E-state index in [1.54, 1.807) is 20.0 Å². The summed E-state index contributed by atoms with van der Waals surface area (Å²) in [6, 6.07) is 4.85. The molecule has 0 atom stereocenters. The Balaban J connectivity index is 2.00. The predicted molar refractivity (Wildman–Crippen MR) is 86.8 cm³/mol. The van der Waals surface area contributed by atoms with E-state index in [-0.39, 0.29) is 0 Å². The van der Waals surface area contributed by atoms with E-state index < -0.39 is 23.1 Å². The highest BCUT2D eigenvalue weighted by Gasteiger charge is 2.30. The molecule has 0 amide bonds. The van der Waals surface area contributed by atoms with Crippen LogP contribution in [0, 0.1) is 5.41 Å². The first-order valence-corrected chi connectivity index (χ1v) is 7.75. The smallest absolute Gasteiger partial charge is 0.416 e. The summed E-state index contributed by atoms with van der Waals surface area (Å²) in [5.74, 6) is -0.858. The van der Waals surface area contributed by atoms with E-state index in [1.807, 2.05) is 0 Å². The van der Waals surface area contributed by atoms with Gasteiger partial charge in [0.1, 0.15) is 0 Å². The van der Waals surface area contributed by atoms with Crippen LogP contribution in [0.25, 0.3) is 11.3 Å². The average Bonchev–Trinajstić information content (AvgIpc) is 2.99. The van der Waals surface area contributed by atoms with E-state index in [4.69, 9.17) is 5.11 Å². The van der Waals surface area contributed by atoms with Gasteiger partial charge in [-0.2, -0.15) is 18.3 Å².